The topological polar surface area (TPSA) is 115 Å². The Morgan fingerprint density at radius 2 is 1.61 bits per heavy atom. The number of carbonyl (C=O) groups is 3. The fourth-order valence-electron chi connectivity index (χ4n) is 3.63. The van der Waals surface area contributed by atoms with Crippen LogP contribution in [0.3, 0.4) is 0 Å². The number of carboxylic acids is 2. The minimum atomic E-state index is -1.37. The smallest absolute Gasteiger partial charge is 0.339 e. The maximum atomic E-state index is 12.4. The van der Waals surface area contributed by atoms with Crippen LogP contribution in [0.4, 0.5) is 5.69 Å². The lowest BCUT2D eigenvalue weighted by Gasteiger charge is -2.20. The minimum Gasteiger partial charge on any atom is -0.507 e. The maximum Gasteiger partial charge on any atom is 0.339 e. The SMILES string of the molecule is CC1=C/C(=C(/c2cc(C)c(O)c(C(=O)O)c2)c2ccc(N(C)C)cc2Cl)C=C(C(=O)O)C1=O. The molecular weight excluding hydrogens is 446 g/mol. The summed E-state index contributed by atoms with van der Waals surface area (Å²) in [5.41, 5.74) is 2.38. The summed E-state index contributed by atoms with van der Waals surface area (Å²) in [5.74, 6) is -3.65. The largest absolute Gasteiger partial charge is 0.507 e. The Bertz CT molecular complexity index is 1300. The zero-order valence-electron chi connectivity index (χ0n) is 18.4. The van der Waals surface area contributed by atoms with E-state index < -0.39 is 23.3 Å². The number of carbonyl (C=O) groups excluding carboxylic acids is 1. The fraction of sp³-hybridized carbons (Fsp3) is 0.160. The zero-order valence-corrected chi connectivity index (χ0v) is 19.2. The number of aliphatic carboxylic acids is 1. The van der Waals surface area contributed by atoms with Gasteiger partial charge in [0.05, 0.1) is 5.02 Å². The van der Waals surface area contributed by atoms with E-state index in [1.165, 1.54) is 19.1 Å². The average Bonchev–Trinajstić information content (AvgIpc) is 2.73. The lowest BCUT2D eigenvalue weighted by Crippen LogP contribution is -2.17. The molecule has 0 unspecified atom stereocenters. The van der Waals surface area contributed by atoms with E-state index in [1.54, 1.807) is 31.2 Å². The minimum absolute atomic E-state index is 0.220. The third-order valence-electron chi connectivity index (χ3n) is 5.35. The number of aromatic carboxylic acids is 1. The van der Waals surface area contributed by atoms with Crippen molar-refractivity contribution in [2.24, 2.45) is 0 Å². The molecule has 0 saturated carbocycles. The van der Waals surface area contributed by atoms with Crippen LogP contribution in [0.5, 0.6) is 5.75 Å². The predicted molar refractivity (Wildman–Crippen MR) is 126 cm³/mol. The Labute approximate surface area is 195 Å². The number of nitrogens with zero attached hydrogens (tertiary/aromatic N) is 1. The van der Waals surface area contributed by atoms with Gasteiger partial charge in [-0.25, -0.2) is 9.59 Å². The first kappa shape index (κ1) is 23.8. The molecular formula is C25H22ClNO6. The van der Waals surface area contributed by atoms with E-state index in [0.29, 0.717) is 32.9 Å². The molecule has 2 aromatic carbocycles. The van der Waals surface area contributed by atoms with Crippen LogP contribution in [-0.2, 0) is 9.59 Å². The third-order valence-corrected chi connectivity index (χ3v) is 5.66. The maximum absolute atomic E-state index is 12.4. The van der Waals surface area contributed by atoms with Crippen molar-refractivity contribution >= 4 is 40.6 Å². The molecule has 0 fully saturated rings. The second-order valence-electron chi connectivity index (χ2n) is 7.90. The first-order valence-electron chi connectivity index (χ1n) is 9.89. The second-order valence-corrected chi connectivity index (χ2v) is 8.31. The highest BCUT2D eigenvalue weighted by Crippen LogP contribution is 2.39. The molecule has 0 radical (unpaired) electrons. The number of allylic oxidation sites excluding steroid dienone is 4. The van der Waals surface area contributed by atoms with Crippen LogP contribution >= 0.6 is 11.6 Å². The van der Waals surface area contributed by atoms with Gasteiger partial charge >= 0.3 is 11.9 Å². The number of ketones is 1. The lowest BCUT2D eigenvalue weighted by atomic mass is 9.85. The number of phenols is 1. The number of hydrogen-bond donors (Lipinski definition) is 3. The number of aryl methyl sites for hydroxylation is 1. The van der Waals surface area contributed by atoms with Crippen molar-refractivity contribution in [1.82, 2.24) is 0 Å². The first-order chi connectivity index (χ1) is 15.4. The molecule has 1 aliphatic rings. The van der Waals surface area contributed by atoms with Crippen molar-refractivity contribution in [2.45, 2.75) is 13.8 Å². The van der Waals surface area contributed by atoms with Gasteiger partial charge in [-0.1, -0.05) is 17.7 Å². The molecule has 1 aliphatic carbocycles. The summed E-state index contributed by atoms with van der Waals surface area (Å²) >= 11 is 6.62. The van der Waals surface area contributed by atoms with Gasteiger partial charge in [0.15, 0.2) is 5.78 Å². The molecule has 33 heavy (non-hydrogen) atoms. The molecule has 0 heterocycles. The number of halogens is 1. The molecule has 7 nitrogen and oxygen atoms in total. The molecule has 8 heteroatoms. The van der Waals surface area contributed by atoms with Crippen molar-refractivity contribution in [3.63, 3.8) is 0 Å². The zero-order chi connectivity index (χ0) is 24.6. The monoisotopic (exact) mass is 467 g/mol. The number of benzene rings is 2. The van der Waals surface area contributed by atoms with Crippen molar-refractivity contribution in [3.05, 3.63) is 86.5 Å². The molecule has 0 bridgehead atoms. The van der Waals surface area contributed by atoms with Gasteiger partial charge in [0.2, 0.25) is 0 Å². The van der Waals surface area contributed by atoms with Crippen molar-refractivity contribution in [2.75, 3.05) is 19.0 Å². The summed E-state index contributed by atoms with van der Waals surface area (Å²) in [7, 11) is 3.71. The normalized spacial score (nSPS) is 15.0. The highest BCUT2D eigenvalue weighted by atomic mass is 35.5. The van der Waals surface area contributed by atoms with Crippen LogP contribution in [0.1, 0.15) is 34.0 Å². The molecule has 0 saturated heterocycles. The molecule has 0 aromatic heterocycles. The molecule has 0 atom stereocenters. The van der Waals surface area contributed by atoms with Crippen LogP contribution in [0.15, 0.2) is 59.2 Å². The van der Waals surface area contributed by atoms with Gasteiger partial charge in [-0.15, -0.1) is 0 Å². The summed E-state index contributed by atoms with van der Waals surface area (Å²) in [6.07, 6.45) is 2.80. The van der Waals surface area contributed by atoms with E-state index in [1.807, 2.05) is 25.1 Å². The summed E-state index contributed by atoms with van der Waals surface area (Å²) in [5, 5.41) is 29.7. The quantitative estimate of drug-likeness (QED) is 0.556. The lowest BCUT2D eigenvalue weighted by molar-refractivity contribution is -0.134. The molecule has 0 spiro atoms. The summed E-state index contributed by atoms with van der Waals surface area (Å²) in [6.45, 7) is 3.08. The molecule has 170 valence electrons. The third kappa shape index (κ3) is 4.54. The van der Waals surface area contributed by atoms with E-state index in [0.717, 1.165) is 5.69 Å². The Morgan fingerprint density at radius 1 is 0.939 bits per heavy atom. The van der Waals surface area contributed by atoms with Crippen LogP contribution in [-0.4, -0.2) is 47.1 Å². The highest BCUT2D eigenvalue weighted by molar-refractivity contribution is 6.33. The molecule has 0 amide bonds. The van der Waals surface area contributed by atoms with Gasteiger partial charge in [0.1, 0.15) is 16.9 Å². The Kier molecular flexibility index (Phi) is 6.46. The average molecular weight is 468 g/mol. The van der Waals surface area contributed by atoms with Gasteiger partial charge in [0.25, 0.3) is 0 Å². The Hall–Kier alpha value is -3.84. The van der Waals surface area contributed by atoms with E-state index in [9.17, 15) is 29.7 Å². The van der Waals surface area contributed by atoms with Gasteiger partial charge in [-0.3, -0.25) is 4.79 Å². The molecule has 0 aliphatic heterocycles. The van der Waals surface area contributed by atoms with Crippen molar-refractivity contribution < 1.29 is 29.7 Å². The van der Waals surface area contributed by atoms with Gasteiger partial charge < -0.3 is 20.2 Å². The first-order valence-corrected chi connectivity index (χ1v) is 10.3. The summed E-state index contributed by atoms with van der Waals surface area (Å²) in [4.78, 5) is 37.6. The summed E-state index contributed by atoms with van der Waals surface area (Å²) in [6, 6.07) is 8.19. The van der Waals surface area contributed by atoms with Crippen molar-refractivity contribution in [1.29, 1.82) is 0 Å². The van der Waals surface area contributed by atoms with Crippen LogP contribution in [0.2, 0.25) is 5.02 Å². The highest BCUT2D eigenvalue weighted by Gasteiger charge is 2.26. The molecule has 3 rings (SSSR count). The second kappa shape index (κ2) is 8.96. The van der Waals surface area contributed by atoms with E-state index >= 15 is 0 Å². The predicted octanol–water partition coefficient (Wildman–Crippen LogP) is 4.46. The fourth-order valence-corrected chi connectivity index (χ4v) is 3.90. The van der Waals surface area contributed by atoms with E-state index in [4.69, 9.17) is 11.6 Å². The number of rotatable bonds is 5. The number of anilines is 1. The Balaban J connectivity index is 2.44. The number of hydrogen-bond acceptors (Lipinski definition) is 5. The van der Waals surface area contributed by atoms with Crippen molar-refractivity contribution in [3.8, 4) is 5.75 Å². The van der Waals surface area contributed by atoms with E-state index in [-0.39, 0.29) is 16.9 Å². The molecule has 3 N–H and O–H groups in total. The number of Topliss-reactive ketones (excluding diaryl/α,β-unsaturated/α-hetero) is 1. The number of carboxylic acid groups (broad SMARTS) is 2. The van der Waals surface area contributed by atoms with Gasteiger partial charge in [-0.05, 0) is 78.1 Å². The van der Waals surface area contributed by atoms with E-state index in [2.05, 4.69) is 0 Å². The van der Waals surface area contributed by atoms with Gasteiger partial charge in [0, 0.05) is 25.3 Å². The van der Waals surface area contributed by atoms with Crippen LogP contribution in [0, 0.1) is 6.92 Å². The van der Waals surface area contributed by atoms with Crippen LogP contribution < -0.4 is 4.90 Å². The molecule has 2 aromatic rings. The Morgan fingerprint density at radius 3 is 2.15 bits per heavy atom. The van der Waals surface area contributed by atoms with Crippen LogP contribution in [0.25, 0.3) is 5.57 Å². The number of aromatic hydroxyl groups is 1. The van der Waals surface area contributed by atoms with Gasteiger partial charge in [-0.2, -0.15) is 0 Å². The summed E-state index contributed by atoms with van der Waals surface area (Å²) < 4.78 is 0. The standard InChI is InChI=1S/C25H22ClNO6/c1-12-7-14(9-18(22(12)28)24(30)31)21(17-6-5-16(27(3)4)11-20(17)26)15-8-13(2)23(29)19(10-15)25(32)33/h5-11,28H,1-4H3,(H,30,31)(H,32,33)/b21-15+.